The summed E-state index contributed by atoms with van der Waals surface area (Å²) in [5, 5.41) is 7.92. The number of nitrogens with one attached hydrogen (secondary N) is 1. The highest BCUT2D eigenvalue weighted by Gasteiger charge is 2.07. The molecule has 20 heavy (non-hydrogen) atoms. The highest BCUT2D eigenvalue weighted by atomic mass is 15.3. The predicted octanol–water partition coefficient (Wildman–Crippen LogP) is 4.17. The smallest absolute Gasteiger partial charge is 0.0679 e. The maximum atomic E-state index is 4.28. The Morgan fingerprint density at radius 2 is 1.90 bits per heavy atom. The van der Waals surface area contributed by atoms with E-state index >= 15 is 0 Å². The van der Waals surface area contributed by atoms with Crippen LogP contribution >= 0.6 is 0 Å². The van der Waals surface area contributed by atoms with Gasteiger partial charge in [-0.3, -0.25) is 4.68 Å². The zero-order valence-corrected chi connectivity index (χ0v) is 12.7. The first kappa shape index (κ1) is 14.6. The van der Waals surface area contributed by atoms with Crippen molar-refractivity contribution in [2.24, 2.45) is 5.92 Å². The van der Waals surface area contributed by atoms with Crippen molar-refractivity contribution in [3.63, 3.8) is 0 Å². The van der Waals surface area contributed by atoms with Crippen LogP contribution in [0.1, 0.15) is 39.2 Å². The molecule has 3 heteroatoms. The summed E-state index contributed by atoms with van der Waals surface area (Å²) in [7, 11) is 0. The van der Waals surface area contributed by atoms with Crippen molar-refractivity contribution in [1.29, 1.82) is 0 Å². The topological polar surface area (TPSA) is 29.9 Å². The van der Waals surface area contributed by atoms with Crippen LogP contribution in [0.2, 0.25) is 0 Å². The number of nitrogens with zero attached hydrogens (tertiary/aromatic N) is 2. The van der Waals surface area contributed by atoms with E-state index in [-0.39, 0.29) is 0 Å². The highest BCUT2D eigenvalue weighted by Crippen LogP contribution is 2.19. The molecule has 108 valence electrons. The molecular formula is C17H25N3. The summed E-state index contributed by atoms with van der Waals surface area (Å²) >= 11 is 0. The van der Waals surface area contributed by atoms with E-state index < -0.39 is 0 Å². The summed E-state index contributed by atoms with van der Waals surface area (Å²) in [6.07, 6.45) is 6.28. The summed E-state index contributed by atoms with van der Waals surface area (Å²) in [5.41, 5.74) is 2.51. The molecule has 1 atom stereocenters. The minimum Gasteiger partial charge on any atom is -0.382 e. The van der Waals surface area contributed by atoms with Crippen LogP contribution in [0.15, 0.2) is 42.7 Å². The van der Waals surface area contributed by atoms with Crippen molar-refractivity contribution < 1.29 is 0 Å². The van der Waals surface area contributed by atoms with Crippen molar-refractivity contribution in [1.82, 2.24) is 9.78 Å². The third kappa shape index (κ3) is 4.41. The predicted molar refractivity (Wildman–Crippen MR) is 84.9 cm³/mol. The molecule has 0 radical (unpaired) electrons. The fourth-order valence-electron chi connectivity index (χ4n) is 2.29. The van der Waals surface area contributed by atoms with Gasteiger partial charge >= 0.3 is 0 Å². The Balaban J connectivity index is 2.00. The normalized spacial score (nSPS) is 12.6. The molecule has 0 aliphatic carbocycles. The van der Waals surface area contributed by atoms with Crippen molar-refractivity contribution >= 4 is 5.69 Å². The van der Waals surface area contributed by atoms with Gasteiger partial charge in [0.15, 0.2) is 0 Å². The summed E-state index contributed by atoms with van der Waals surface area (Å²) in [6, 6.07) is 11.0. The number of benzene rings is 1. The van der Waals surface area contributed by atoms with E-state index in [1.54, 1.807) is 0 Å². The van der Waals surface area contributed by atoms with Crippen LogP contribution < -0.4 is 5.32 Å². The minimum atomic E-state index is 0.496. The quantitative estimate of drug-likeness (QED) is 0.819. The Bertz CT molecular complexity index is 503. The molecule has 3 nitrogen and oxygen atoms in total. The van der Waals surface area contributed by atoms with E-state index in [1.165, 1.54) is 24.1 Å². The molecule has 2 rings (SSSR count). The van der Waals surface area contributed by atoms with Crippen LogP contribution in [0.25, 0.3) is 0 Å². The van der Waals surface area contributed by atoms with Gasteiger partial charge < -0.3 is 5.32 Å². The third-order valence-corrected chi connectivity index (χ3v) is 3.49. The van der Waals surface area contributed by atoms with Gasteiger partial charge in [-0.1, -0.05) is 32.0 Å². The number of hydrogen-bond acceptors (Lipinski definition) is 2. The maximum Gasteiger partial charge on any atom is 0.0679 e. The second-order valence-electron chi connectivity index (χ2n) is 5.88. The molecule has 0 amide bonds. The molecule has 2 aromatic rings. The van der Waals surface area contributed by atoms with E-state index in [1.807, 2.05) is 23.1 Å². The standard InChI is InChI=1S/C17H25N3/c1-14(2)9-10-15(3)19-17-8-5-4-7-16(17)13-20-12-6-11-18-20/h4-8,11-12,14-15,19H,9-10,13H2,1-3H3. The first-order valence-electron chi connectivity index (χ1n) is 7.47. The highest BCUT2D eigenvalue weighted by molar-refractivity contribution is 5.51. The average Bonchev–Trinajstić information content (AvgIpc) is 2.92. The fourth-order valence-corrected chi connectivity index (χ4v) is 2.29. The monoisotopic (exact) mass is 271 g/mol. The van der Waals surface area contributed by atoms with E-state index in [2.05, 4.69) is 55.5 Å². The van der Waals surface area contributed by atoms with E-state index in [0.717, 1.165) is 12.5 Å². The lowest BCUT2D eigenvalue weighted by atomic mass is 10.0. The molecule has 0 aliphatic rings. The molecule has 1 aromatic carbocycles. The Kier molecular flexibility index (Phi) is 5.22. The third-order valence-electron chi connectivity index (χ3n) is 3.49. The molecule has 1 heterocycles. The van der Waals surface area contributed by atoms with E-state index in [4.69, 9.17) is 0 Å². The number of rotatable bonds is 7. The van der Waals surface area contributed by atoms with Crippen LogP contribution in [-0.4, -0.2) is 15.8 Å². The van der Waals surface area contributed by atoms with Gasteiger partial charge in [0.2, 0.25) is 0 Å². The van der Waals surface area contributed by atoms with Crippen LogP contribution in [0.3, 0.4) is 0 Å². The Morgan fingerprint density at radius 1 is 1.10 bits per heavy atom. The van der Waals surface area contributed by atoms with Gasteiger partial charge in [-0.25, -0.2) is 0 Å². The summed E-state index contributed by atoms with van der Waals surface area (Å²) in [6.45, 7) is 7.62. The molecule has 1 aromatic heterocycles. The molecule has 1 N–H and O–H groups in total. The van der Waals surface area contributed by atoms with Crippen molar-refractivity contribution in [3.05, 3.63) is 48.3 Å². The van der Waals surface area contributed by atoms with Crippen molar-refractivity contribution in [2.45, 2.75) is 46.2 Å². The number of anilines is 1. The first-order chi connectivity index (χ1) is 9.65. The second kappa shape index (κ2) is 7.13. The number of aromatic nitrogens is 2. The lowest BCUT2D eigenvalue weighted by molar-refractivity contribution is 0.527. The molecule has 0 bridgehead atoms. The van der Waals surface area contributed by atoms with Crippen molar-refractivity contribution in [3.8, 4) is 0 Å². The van der Waals surface area contributed by atoms with Gasteiger partial charge in [0, 0.05) is 24.1 Å². The molecule has 0 saturated carbocycles. The summed E-state index contributed by atoms with van der Waals surface area (Å²) in [4.78, 5) is 0. The van der Waals surface area contributed by atoms with Crippen LogP contribution in [-0.2, 0) is 6.54 Å². The van der Waals surface area contributed by atoms with Gasteiger partial charge in [0.1, 0.15) is 0 Å². The second-order valence-corrected chi connectivity index (χ2v) is 5.88. The minimum absolute atomic E-state index is 0.496. The van der Waals surface area contributed by atoms with Gasteiger partial charge in [-0.05, 0) is 43.4 Å². The Hall–Kier alpha value is -1.77. The maximum absolute atomic E-state index is 4.28. The SMILES string of the molecule is CC(C)CCC(C)Nc1ccccc1Cn1cccn1. The average molecular weight is 271 g/mol. The van der Waals surface area contributed by atoms with Gasteiger partial charge in [-0.2, -0.15) is 5.10 Å². The van der Waals surface area contributed by atoms with Gasteiger partial charge in [-0.15, -0.1) is 0 Å². The van der Waals surface area contributed by atoms with Crippen molar-refractivity contribution in [2.75, 3.05) is 5.32 Å². The summed E-state index contributed by atoms with van der Waals surface area (Å²) < 4.78 is 1.96. The largest absolute Gasteiger partial charge is 0.382 e. The number of para-hydroxylation sites is 1. The van der Waals surface area contributed by atoms with Crippen LogP contribution in [0.4, 0.5) is 5.69 Å². The molecule has 0 aliphatic heterocycles. The zero-order valence-electron chi connectivity index (χ0n) is 12.7. The molecule has 1 unspecified atom stereocenters. The molecule has 0 fully saturated rings. The fraction of sp³-hybridized carbons (Fsp3) is 0.471. The lowest BCUT2D eigenvalue weighted by Crippen LogP contribution is -2.17. The van der Waals surface area contributed by atoms with Gasteiger partial charge in [0.05, 0.1) is 6.54 Å². The molecule has 0 saturated heterocycles. The first-order valence-corrected chi connectivity index (χ1v) is 7.47. The summed E-state index contributed by atoms with van der Waals surface area (Å²) in [5.74, 6) is 0.763. The van der Waals surface area contributed by atoms with E-state index in [9.17, 15) is 0 Å². The Labute approximate surface area is 122 Å². The van der Waals surface area contributed by atoms with E-state index in [0.29, 0.717) is 6.04 Å². The number of hydrogen-bond donors (Lipinski definition) is 1. The van der Waals surface area contributed by atoms with Crippen LogP contribution in [0, 0.1) is 5.92 Å². The van der Waals surface area contributed by atoms with Crippen LogP contribution in [0.5, 0.6) is 0 Å². The lowest BCUT2D eigenvalue weighted by Gasteiger charge is -2.19. The molecule has 0 spiro atoms. The Morgan fingerprint density at radius 3 is 2.60 bits per heavy atom. The molecular weight excluding hydrogens is 246 g/mol. The zero-order chi connectivity index (χ0) is 14.4. The van der Waals surface area contributed by atoms with Gasteiger partial charge in [0.25, 0.3) is 0 Å².